The number of carbonyl (C=O) groups excluding carboxylic acids is 1. The van der Waals surface area contributed by atoms with Gasteiger partial charge in [-0.05, 0) is 48.9 Å². The molecule has 26 heavy (non-hydrogen) atoms. The lowest BCUT2D eigenvalue weighted by Crippen LogP contribution is -2.46. The second-order valence-corrected chi connectivity index (χ2v) is 10.3. The smallest absolute Gasteiger partial charge is 0.160 e. The number of aliphatic hydroxyl groups is 2. The summed E-state index contributed by atoms with van der Waals surface area (Å²) in [6.07, 6.45) is 1.05. The third kappa shape index (κ3) is 2.09. The average Bonchev–Trinajstić information content (AvgIpc) is 3.04. The molecule has 0 aromatic heterocycles. The predicted molar refractivity (Wildman–Crippen MR) is 94.0 cm³/mol. The molecule has 9 atom stereocenters. The Balaban J connectivity index is 1.57. The van der Waals surface area contributed by atoms with Crippen LogP contribution in [-0.4, -0.2) is 47.7 Å². The van der Waals surface area contributed by atoms with Crippen LogP contribution in [-0.2, 0) is 14.3 Å². The van der Waals surface area contributed by atoms with Gasteiger partial charge in [0.2, 0.25) is 0 Å². The molecule has 2 N–H and O–H groups in total. The molecule has 0 aromatic rings. The van der Waals surface area contributed by atoms with Gasteiger partial charge in [-0.25, -0.2) is 0 Å². The summed E-state index contributed by atoms with van der Waals surface area (Å²) in [5, 5.41) is 21.7. The highest BCUT2D eigenvalue weighted by Crippen LogP contribution is 2.72. The molecular weight excluding hydrogens is 332 g/mol. The summed E-state index contributed by atoms with van der Waals surface area (Å²) in [4.78, 5) is 13.9. The number of rotatable bonds is 1. The fourth-order valence-corrected chi connectivity index (χ4v) is 7.65. The first-order chi connectivity index (χ1) is 12.3. The summed E-state index contributed by atoms with van der Waals surface area (Å²) in [6, 6.07) is 0. The normalized spacial score (nSPS) is 55.8. The first kappa shape index (κ1) is 17.6. The van der Waals surface area contributed by atoms with Crippen LogP contribution in [0.25, 0.3) is 0 Å². The summed E-state index contributed by atoms with van der Waals surface area (Å²) in [6.45, 7) is 7.96. The van der Waals surface area contributed by atoms with E-state index in [1.54, 1.807) is 0 Å². The maximum Gasteiger partial charge on any atom is 0.160 e. The molecule has 5 fully saturated rings. The standard InChI is InChI=1S/C21H32O5/c1-10-6-13-16(20(13,2)3)12-8-15(22)17(23)14-7-11(19-25-4-5-26-19)9-21(10,14)18(12)24/h10-17,19,22-23H,4-9H2,1-3H3/t10-,11+,12+,13-,14+,15-,16+,17+,21+/m1/s1. The van der Waals surface area contributed by atoms with Crippen molar-refractivity contribution >= 4 is 5.78 Å². The van der Waals surface area contributed by atoms with Gasteiger partial charge in [-0.2, -0.15) is 0 Å². The molecule has 4 saturated carbocycles. The second kappa shape index (κ2) is 5.53. The van der Waals surface area contributed by atoms with Gasteiger partial charge in [-0.15, -0.1) is 0 Å². The minimum absolute atomic E-state index is 0.112. The van der Waals surface area contributed by atoms with Gasteiger partial charge >= 0.3 is 0 Å². The number of ether oxygens (including phenoxy) is 2. The third-order valence-electron chi connectivity index (χ3n) is 9.01. The Kier molecular flexibility index (Phi) is 3.74. The van der Waals surface area contributed by atoms with Gasteiger partial charge in [0.05, 0.1) is 25.4 Å². The van der Waals surface area contributed by atoms with E-state index < -0.39 is 17.6 Å². The summed E-state index contributed by atoms with van der Waals surface area (Å²) >= 11 is 0. The topological polar surface area (TPSA) is 76.0 Å². The van der Waals surface area contributed by atoms with E-state index >= 15 is 0 Å². The van der Waals surface area contributed by atoms with E-state index in [1.807, 2.05) is 0 Å². The van der Waals surface area contributed by atoms with E-state index in [2.05, 4.69) is 20.8 Å². The number of ketones is 1. The van der Waals surface area contributed by atoms with E-state index in [0.29, 0.717) is 43.7 Å². The lowest BCUT2D eigenvalue weighted by atomic mass is 9.62. The number of fused-ring (bicyclic) bond motifs is 3. The summed E-state index contributed by atoms with van der Waals surface area (Å²) in [5.41, 5.74) is -0.346. The van der Waals surface area contributed by atoms with Gasteiger partial charge in [0.25, 0.3) is 0 Å². The molecule has 0 amide bonds. The first-order valence-corrected chi connectivity index (χ1v) is 10.4. The molecule has 0 radical (unpaired) electrons. The van der Waals surface area contributed by atoms with Crippen molar-refractivity contribution in [1.29, 1.82) is 0 Å². The number of Topliss-reactive ketones (excluding diaryl/α,β-unsaturated/α-hetero) is 1. The van der Waals surface area contributed by atoms with Crippen molar-refractivity contribution in [2.24, 2.45) is 46.3 Å². The van der Waals surface area contributed by atoms with Gasteiger partial charge in [0.15, 0.2) is 6.29 Å². The molecule has 5 rings (SSSR count). The maximum absolute atomic E-state index is 13.9. The minimum atomic E-state index is -0.823. The Hall–Kier alpha value is -0.490. The minimum Gasteiger partial charge on any atom is -0.390 e. The Morgan fingerprint density at radius 1 is 1.04 bits per heavy atom. The molecule has 0 unspecified atom stereocenters. The summed E-state index contributed by atoms with van der Waals surface area (Å²) < 4.78 is 11.5. The number of hydrogen-bond donors (Lipinski definition) is 2. The second-order valence-electron chi connectivity index (χ2n) is 10.3. The van der Waals surface area contributed by atoms with Crippen LogP contribution in [0.15, 0.2) is 0 Å². The highest BCUT2D eigenvalue weighted by Gasteiger charge is 2.72. The van der Waals surface area contributed by atoms with Crippen molar-refractivity contribution in [1.82, 2.24) is 0 Å². The van der Waals surface area contributed by atoms with E-state index in [9.17, 15) is 15.0 Å². The maximum atomic E-state index is 13.9. The SMILES string of the molecule is C[C@@H]1C[C@@H]2[C@H]([C@@H]3C[C@@H](O)[C@@H](O)[C@@H]4C[C@H](C5OCCO5)C[C@]14C3=O)C2(C)C. The van der Waals surface area contributed by atoms with Crippen LogP contribution in [0, 0.1) is 46.3 Å². The molecule has 1 saturated heterocycles. The molecular formula is C21H32O5. The van der Waals surface area contributed by atoms with Crippen molar-refractivity contribution < 1.29 is 24.5 Å². The molecule has 2 bridgehead atoms. The fourth-order valence-electron chi connectivity index (χ4n) is 7.65. The van der Waals surface area contributed by atoms with E-state index in [-0.39, 0.29) is 35.4 Å². The lowest BCUT2D eigenvalue weighted by Gasteiger charge is -2.41. The van der Waals surface area contributed by atoms with Crippen molar-refractivity contribution in [3.8, 4) is 0 Å². The van der Waals surface area contributed by atoms with Gasteiger partial charge in [-0.3, -0.25) is 4.79 Å². The average molecular weight is 364 g/mol. The molecule has 1 spiro atoms. The van der Waals surface area contributed by atoms with Gasteiger partial charge < -0.3 is 19.7 Å². The largest absolute Gasteiger partial charge is 0.390 e. The zero-order chi connectivity index (χ0) is 18.4. The van der Waals surface area contributed by atoms with Crippen molar-refractivity contribution in [3.05, 3.63) is 0 Å². The Bertz CT molecular complexity index is 612. The summed E-state index contributed by atoms with van der Waals surface area (Å²) in [7, 11) is 0. The monoisotopic (exact) mass is 364 g/mol. The first-order valence-electron chi connectivity index (χ1n) is 10.4. The van der Waals surface area contributed by atoms with Crippen LogP contribution >= 0.6 is 0 Å². The molecule has 1 aliphatic heterocycles. The van der Waals surface area contributed by atoms with Gasteiger partial charge in [0, 0.05) is 23.2 Å². The molecule has 5 aliphatic rings. The van der Waals surface area contributed by atoms with Crippen LogP contribution in [0.4, 0.5) is 0 Å². The zero-order valence-electron chi connectivity index (χ0n) is 16.1. The fraction of sp³-hybridized carbons (Fsp3) is 0.952. The third-order valence-corrected chi connectivity index (χ3v) is 9.01. The van der Waals surface area contributed by atoms with Crippen LogP contribution in [0.2, 0.25) is 0 Å². The van der Waals surface area contributed by atoms with Crippen molar-refractivity contribution in [2.45, 2.75) is 65.0 Å². The molecule has 1 heterocycles. The van der Waals surface area contributed by atoms with E-state index in [4.69, 9.17) is 9.47 Å². The van der Waals surface area contributed by atoms with Crippen molar-refractivity contribution in [2.75, 3.05) is 13.2 Å². The van der Waals surface area contributed by atoms with E-state index in [0.717, 1.165) is 12.8 Å². The van der Waals surface area contributed by atoms with Gasteiger partial charge in [-0.1, -0.05) is 20.8 Å². The van der Waals surface area contributed by atoms with Crippen LogP contribution in [0.1, 0.15) is 46.5 Å². The molecule has 5 heteroatoms. The summed E-state index contributed by atoms with van der Waals surface area (Å²) in [5.74, 6) is 1.32. The lowest BCUT2D eigenvalue weighted by molar-refractivity contribution is -0.141. The number of carbonyl (C=O) groups is 1. The molecule has 4 aliphatic carbocycles. The highest BCUT2D eigenvalue weighted by atomic mass is 16.7. The Morgan fingerprint density at radius 2 is 1.73 bits per heavy atom. The quantitative estimate of drug-likeness (QED) is 0.744. The zero-order valence-corrected chi connectivity index (χ0v) is 16.1. The van der Waals surface area contributed by atoms with Crippen molar-refractivity contribution in [3.63, 3.8) is 0 Å². The van der Waals surface area contributed by atoms with Crippen LogP contribution < -0.4 is 0 Å². The Morgan fingerprint density at radius 3 is 2.42 bits per heavy atom. The van der Waals surface area contributed by atoms with Crippen LogP contribution in [0.3, 0.4) is 0 Å². The Labute approximate surface area is 155 Å². The van der Waals surface area contributed by atoms with E-state index in [1.165, 1.54) is 0 Å². The molecule has 146 valence electrons. The number of aliphatic hydroxyl groups excluding tert-OH is 2. The van der Waals surface area contributed by atoms with Gasteiger partial charge in [0.1, 0.15) is 5.78 Å². The molecule has 5 nitrogen and oxygen atoms in total. The predicted octanol–water partition coefficient (Wildman–Crippen LogP) is 1.99. The molecule has 0 aromatic carbocycles. The van der Waals surface area contributed by atoms with Crippen LogP contribution in [0.5, 0.6) is 0 Å². The highest BCUT2D eigenvalue weighted by molar-refractivity contribution is 5.90. The number of hydrogen-bond acceptors (Lipinski definition) is 5.